The molecule has 0 radical (unpaired) electrons. The lowest BCUT2D eigenvalue weighted by Gasteiger charge is -2.16. The highest BCUT2D eigenvalue weighted by Crippen LogP contribution is 2.30. The van der Waals surface area contributed by atoms with Crippen LogP contribution in [0.1, 0.15) is 11.5 Å². The Labute approximate surface area is 104 Å². The van der Waals surface area contributed by atoms with E-state index >= 15 is 0 Å². The molecule has 94 valence electrons. The van der Waals surface area contributed by atoms with Crippen molar-refractivity contribution in [2.45, 2.75) is 5.92 Å². The van der Waals surface area contributed by atoms with Crippen LogP contribution in [0.4, 0.5) is 4.79 Å². The normalized spacial score (nSPS) is 18.4. The summed E-state index contributed by atoms with van der Waals surface area (Å²) in [6.45, 7) is 0. The summed E-state index contributed by atoms with van der Waals surface area (Å²) >= 11 is 0. The zero-order valence-corrected chi connectivity index (χ0v) is 9.97. The van der Waals surface area contributed by atoms with Crippen LogP contribution >= 0.6 is 0 Å². The van der Waals surface area contributed by atoms with E-state index in [1.54, 1.807) is 18.2 Å². The lowest BCUT2D eigenvalue weighted by molar-refractivity contribution is -0.120. The van der Waals surface area contributed by atoms with Gasteiger partial charge in [0.05, 0.1) is 20.1 Å². The summed E-state index contributed by atoms with van der Waals surface area (Å²) in [4.78, 5) is 26.1. The van der Waals surface area contributed by atoms with Crippen molar-refractivity contribution in [3.8, 4) is 11.5 Å². The largest absolute Gasteiger partial charge is 0.493 e. The number of benzene rings is 1. The van der Waals surface area contributed by atoms with Gasteiger partial charge in [0.25, 0.3) is 0 Å². The van der Waals surface area contributed by atoms with E-state index < -0.39 is 17.9 Å². The molecule has 1 aliphatic rings. The first-order chi connectivity index (χ1) is 8.65. The molecule has 6 heteroatoms. The summed E-state index contributed by atoms with van der Waals surface area (Å²) in [7, 11) is 3.05. The molecule has 0 bridgehead atoms. The summed E-state index contributed by atoms with van der Waals surface area (Å²) < 4.78 is 10.3. The van der Waals surface area contributed by atoms with E-state index in [2.05, 4.69) is 10.3 Å². The SMILES string of the molecule is COc1ccc(C2C=NC(=O)NC2=O)cc1OC. The van der Waals surface area contributed by atoms with Gasteiger partial charge in [0.15, 0.2) is 11.5 Å². The van der Waals surface area contributed by atoms with Crippen molar-refractivity contribution >= 4 is 18.2 Å². The van der Waals surface area contributed by atoms with E-state index in [4.69, 9.17) is 9.47 Å². The molecular weight excluding hydrogens is 236 g/mol. The molecule has 1 N–H and O–H groups in total. The van der Waals surface area contributed by atoms with Crippen LogP contribution in [0.15, 0.2) is 23.2 Å². The third-order valence-corrected chi connectivity index (χ3v) is 2.62. The van der Waals surface area contributed by atoms with Gasteiger partial charge in [-0.25, -0.2) is 9.79 Å². The van der Waals surface area contributed by atoms with Crippen molar-refractivity contribution in [3.63, 3.8) is 0 Å². The Balaban J connectivity index is 2.37. The third-order valence-electron chi connectivity index (χ3n) is 2.62. The van der Waals surface area contributed by atoms with Gasteiger partial charge in [0, 0.05) is 6.21 Å². The number of urea groups is 1. The Hall–Kier alpha value is -2.37. The fraction of sp³-hybridized carbons (Fsp3) is 0.250. The number of ether oxygens (including phenoxy) is 2. The van der Waals surface area contributed by atoms with Gasteiger partial charge in [-0.1, -0.05) is 6.07 Å². The number of rotatable bonds is 3. The van der Waals surface area contributed by atoms with Gasteiger partial charge in [-0.3, -0.25) is 10.1 Å². The molecule has 0 saturated heterocycles. The van der Waals surface area contributed by atoms with Gasteiger partial charge >= 0.3 is 6.03 Å². The number of methoxy groups -OCH3 is 2. The summed E-state index contributed by atoms with van der Waals surface area (Å²) in [5, 5.41) is 2.15. The number of hydrogen-bond acceptors (Lipinski definition) is 4. The highest BCUT2D eigenvalue weighted by molar-refractivity contribution is 6.12. The second kappa shape index (κ2) is 4.87. The van der Waals surface area contributed by atoms with Crippen LogP contribution in [-0.2, 0) is 4.79 Å². The first-order valence-electron chi connectivity index (χ1n) is 5.26. The van der Waals surface area contributed by atoms with Crippen molar-refractivity contribution in [3.05, 3.63) is 23.8 Å². The van der Waals surface area contributed by atoms with Gasteiger partial charge in [0.2, 0.25) is 5.91 Å². The van der Waals surface area contributed by atoms with E-state index in [1.165, 1.54) is 20.4 Å². The molecule has 18 heavy (non-hydrogen) atoms. The molecule has 0 saturated carbocycles. The Kier molecular flexibility index (Phi) is 3.27. The molecule has 1 aromatic rings. The van der Waals surface area contributed by atoms with Crippen LogP contribution in [0.5, 0.6) is 11.5 Å². The van der Waals surface area contributed by atoms with Gasteiger partial charge in [-0.15, -0.1) is 0 Å². The molecule has 1 aromatic carbocycles. The van der Waals surface area contributed by atoms with Gasteiger partial charge in [-0.2, -0.15) is 0 Å². The summed E-state index contributed by atoms with van der Waals surface area (Å²) in [5.74, 6) is 0.100. The van der Waals surface area contributed by atoms with Crippen molar-refractivity contribution < 1.29 is 19.1 Å². The second-order valence-corrected chi connectivity index (χ2v) is 3.66. The van der Waals surface area contributed by atoms with E-state index in [1.807, 2.05) is 0 Å². The van der Waals surface area contributed by atoms with Crippen LogP contribution in [0.2, 0.25) is 0 Å². The number of nitrogens with zero attached hydrogens (tertiary/aromatic N) is 1. The van der Waals surface area contributed by atoms with Gasteiger partial charge in [0.1, 0.15) is 0 Å². The standard InChI is InChI=1S/C12H12N2O4/c1-17-9-4-3-7(5-10(9)18-2)8-6-13-12(16)14-11(8)15/h3-6,8H,1-2H3,(H,14,15,16). The number of amides is 3. The van der Waals surface area contributed by atoms with Crippen molar-refractivity contribution in [1.82, 2.24) is 5.32 Å². The fourth-order valence-corrected chi connectivity index (χ4v) is 1.71. The predicted molar refractivity (Wildman–Crippen MR) is 64.3 cm³/mol. The Morgan fingerprint density at radius 2 is 1.89 bits per heavy atom. The second-order valence-electron chi connectivity index (χ2n) is 3.66. The van der Waals surface area contributed by atoms with Gasteiger partial charge < -0.3 is 9.47 Å². The van der Waals surface area contributed by atoms with E-state index in [-0.39, 0.29) is 0 Å². The van der Waals surface area contributed by atoms with Crippen LogP contribution < -0.4 is 14.8 Å². The Morgan fingerprint density at radius 1 is 1.17 bits per heavy atom. The quantitative estimate of drug-likeness (QED) is 0.869. The molecular formula is C12H12N2O4. The number of nitrogens with one attached hydrogen (secondary N) is 1. The minimum Gasteiger partial charge on any atom is -0.493 e. The highest BCUT2D eigenvalue weighted by Gasteiger charge is 2.25. The molecule has 6 nitrogen and oxygen atoms in total. The van der Waals surface area contributed by atoms with Gasteiger partial charge in [-0.05, 0) is 17.7 Å². The lowest BCUT2D eigenvalue weighted by atomic mass is 9.98. The molecule has 1 unspecified atom stereocenters. The first kappa shape index (κ1) is 12.1. The third kappa shape index (κ3) is 2.17. The maximum Gasteiger partial charge on any atom is 0.347 e. The average Bonchev–Trinajstić information content (AvgIpc) is 2.38. The topological polar surface area (TPSA) is 77.0 Å². The van der Waals surface area contributed by atoms with Crippen LogP contribution in [-0.4, -0.2) is 32.4 Å². The van der Waals surface area contributed by atoms with E-state index in [0.717, 1.165) is 0 Å². The van der Waals surface area contributed by atoms with Crippen molar-refractivity contribution in [1.29, 1.82) is 0 Å². The smallest absolute Gasteiger partial charge is 0.347 e. The Bertz CT molecular complexity index is 525. The monoisotopic (exact) mass is 248 g/mol. The first-order valence-corrected chi connectivity index (χ1v) is 5.26. The zero-order valence-electron chi connectivity index (χ0n) is 9.97. The molecule has 2 rings (SSSR count). The van der Waals surface area contributed by atoms with Crippen LogP contribution in [0, 0.1) is 0 Å². The number of hydrogen-bond donors (Lipinski definition) is 1. The number of imide groups is 1. The summed E-state index contributed by atoms with van der Waals surface area (Å²) in [6.07, 6.45) is 1.32. The van der Waals surface area contributed by atoms with Crippen molar-refractivity contribution in [2.75, 3.05) is 14.2 Å². The molecule has 1 aliphatic heterocycles. The fourth-order valence-electron chi connectivity index (χ4n) is 1.71. The van der Waals surface area contributed by atoms with Crippen molar-refractivity contribution in [2.24, 2.45) is 4.99 Å². The zero-order chi connectivity index (χ0) is 13.1. The summed E-state index contributed by atoms with van der Waals surface area (Å²) in [6, 6.07) is 4.47. The number of carbonyl (C=O) groups is 2. The minimum atomic E-state index is -0.642. The van der Waals surface area contributed by atoms with Crippen LogP contribution in [0.25, 0.3) is 0 Å². The average molecular weight is 248 g/mol. The number of aliphatic imine (C=N–C) groups is 1. The Morgan fingerprint density at radius 3 is 2.50 bits per heavy atom. The number of carbonyl (C=O) groups excluding carboxylic acids is 2. The molecule has 0 aliphatic carbocycles. The molecule has 0 spiro atoms. The molecule has 1 atom stereocenters. The lowest BCUT2D eigenvalue weighted by Crippen LogP contribution is -2.37. The molecule has 3 amide bonds. The maximum atomic E-state index is 11.7. The van der Waals surface area contributed by atoms with E-state index in [9.17, 15) is 9.59 Å². The predicted octanol–water partition coefficient (Wildman–Crippen LogP) is 1.11. The molecule has 0 aromatic heterocycles. The van der Waals surface area contributed by atoms with Crippen LogP contribution in [0.3, 0.4) is 0 Å². The highest BCUT2D eigenvalue weighted by atomic mass is 16.5. The summed E-state index contributed by atoms with van der Waals surface area (Å²) in [5.41, 5.74) is 0.682. The maximum absolute atomic E-state index is 11.7. The minimum absolute atomic E-state index is 0.401. The molecule has 1 heterocycles. The van der Waals surface area contributed by atoms with E-state index in [0.29, 0.717) is 17.1 Å². The molecule has 0 fully saturated rings.